The molecule has 26 heavy (non-hydrogen) atoms. The summed E-state index contributed by atoms with van der Waals surface area (Å²) in [4.78, 5) is 24.7. The Balaban J connectivity index is 2.02. The van der Waals surface area contributed by atoms with E-state index in [9.17, 15) is 35.9 Å². The second-order valence-corrected chi connectivity index (χ2v) is 5.81. The minimum absolute atomic E-state index is 0.184. The molecule has 2 amide bonds. The third-order valence-electron chi connectivity index (χ3n) is 4.25. The fraction of sp³-hybridized carbons (Fsp3) is 0.846. The monoisotopic (exact) mass is 393 g/mol. The number of urea groups is 1. The van der Waals surface area contributed by atoms with Gasteiger partial charge in [0.2, 0.25) is 0 Å². The molecule has 2 aliphatic rings. The lowest BCUT2D eigenvalue weighted by molar-refractivity contribution is -0.398. The number of likely N-dealkylation sites (N-methyl/N-ethyl adjacent to an activating group) is 1. The van der Waals surface area contributed by atoms with E-state index in [1.807, 2.05) is 0 Å². The molecule has 7 nitrogen and oxygen atoms in total. The van der Waals surface area contributed by atoms with Crippen LogP contribution in [0, 0.1) is 0 Å². The quantitative estimate of drug-likeness (QED) is 0.575. The van der Waals surface area contributed by atoms with Gasteiger partial charge in [-0.15, -0.1) is 0 Å². The van der Waals surface area contributed by atoms with Crippen molar-refractivity contribution in [3.63, 3.8) is 0 Å². The topological polar surface area (TPSA) is 71.1 Å². The molecule has 0 aromatic rings. The van der Waals surface area contributed by atoms with Gasteiger partial charge in [0.25, 0.3) is 0 Å². The van der Waals surface area contributed by atoms with Crippen LogP contribution in [0.25, 0.3) is 0 Å². The number of amides is 2. The van der Waals surface area contributed by atoms with E-state index in [2.05, 4.69) is 10.1 Å². The highest BCUT2D eigenvalue weighted by atomic mass is 19.4. The first-order chi connectivity index (χ1) is 11.9. The summed E-state index contributed by atoms with van der Waals surface area (Å²) >= 11 is 0. The van der Waals surface area contributed by atoms with Crippen molar-refractivity contribution >= 4 is 12.0 Å². The molecule has 0 unspecified atom stereocenters. The minimum Gasteiger partial charge on any atom is -0.423 e. The number of hydrogen-bond donors (Lipinski definition) is 1. The van der Waals surface area contributed by atoms with Crippen molar-refractivity contribution in [2.75, 3.05) is 39.9 Å². The van der Waals surface area contributed by atoms with Crippen LogP contribution in [0.15, 0.2) is 0 Å². The van der Waals surface area contributed by atoms with E-state index >= 15 is 0 Å². The first-order valence-corrected chi connectivity index (χ1v) is 7.61. The van der Waals surface area contributed by atoms with Crippen molar-refractivity contribution in [2.45, 2.75) is 30.5 Å². The van der Waals surface area contributed by atoms with Crippen LogP contribution in [-0.2, 0) is 14.3 Å². The first kappa shape index (κ1) is 20.6. The smallest absolute Gasteiger partial charge is 0.423 e. The molecule has 0 aliphatic carbocycles. The Morgan fingerprint density at radius 1 is 1.19 bits per heavy atom. The highest BCUT2D eigenvalue weighted by Gasteiger charge is 2.80. The lowest BCUT2D eigenvalue weighted by atomic mass is 10.1. The molecule has 0 spiro atoms. The number of ether oxygens (including phenoxy) is 2. The van der Waals surface area contributed by atoms with Crippen molar-refractivity contribution in [1.29, 1.82) is 0 Å². The fourth-order valence-corrected chi connectivity index (χ4v) is 2.85. The average molecular weight is 393 g/mol. The van der Waals surface area contributed by atoms with Gasteiger partial charge in [-0.2, -0.15) is 26.3 Å². The summed E-state index contributed by atoms with van der Waals surface area (Å²) in [5, 5.41) is 2.36. The number of morpholine rings is 1. The van der Waals surface area contributed by atoms with Crippen molar-refractivity contribution in [3.05, 3.63) is 0 Å². The summed E-state index contributed by atoms with van der Waals surface area (Å²) in [5.41, 5.74) is -4.70. The number of rotatable bonds is 3. The fourth-order valence-electron chi connectivity index (χ4n) is 2.85. The maximum Gasteiger partial charge on any atom is 0.453 e. The lowest BCUT2D eigenvalue weighted by Gasteiger charge is -2.37. The largest absolute Gasteiger partial charge is 0.453 e. The Bertz CT molecular complexity index is 533. The van der Waals surface area contributed by atoms with Crippen molar-refractivity contribution in [2.24, 2.45) is 0 Å². The highest BCUT2D eigenvalue weighted by Crippen LogP contribution is 2.51. The molecule has 0 aromatic carbocycles. The Morgan fingerprint density at radius 2 is 1.73 bits per heavy atom. The minimum atomic E-state index is -5.87. The van der Waals surface area contributed by atoms with E-state index in [0.717, 1.165) is 0 Å². The third-order valence-corrected chi connectivity index (χ3v) is 4.25. The van der Waals surface area contributed by atoms with Gasteiger partial charge in [0.15, 0.2) is 0 Å². The molecule has 0 bridgehead atoms. The van der Waals surface area contributed by atoms with Crippen LogP contribution in [0.5, 0.6) is 0 Å². The van der Waals surface area contributed by atoms with Crippen LogP contribution < -0.4 is 5.32 Å². The summed E-state index contributed by atoms with van der Waals surface area (Å²) in [7, 11) is 0.514. The van der Waals surface area contributed by atoms with Gasteiger partial charge in [0.1, 0.15) is 6.04 Å². The van der Waals surface area contributed by atoms with Crippen molar-refractivity contribution < 1.29 is 45.4 Å². The molecule has 1 N–H and O–H groups in total. The molecule has 13 heteroatoms. The van der Waals surface area contributed by atoms with Crippen molar-refractivity contribution in [3.8, 4) is 0 Å². The number of nitrogens with one attached hydrogen (secondary N) is 1. The van der Waals surface area contributed by atoms with Crippen molar-refractivity contribution in [1.82, 2.24) is 15.1 Å². The molecule has 2 saturated heterocycles. The van der Waals surface area contributed by atoms with Crippen LogP contribution in [-0.4, -0.2) is 85.8 Å². The van der Waals surface area contributed by atoms with Gasteiger partial charge in [-0.05, 0) is 13.5 Å². The number of carbonyl (C=O) groups is 2. The second-order valence-electron chi connectivity index (χ2n) is 5.81. The number of carbonyl (C=O) groups excluding carboxylic acids is 2. The summed E-state index contributed by atoms with van der Waals surface area (Å²) in [5.74, 6) is -1.65. The molecular weight excluding hydrogens is 376 g/mol. The van der Waals surface area contributed by atoms with Crippen LogP contribution in [0.2, 0.25) is 0 Å². The van der Waals surface area contributed by atoms with Gasteiger partial charge in [-0.3, -0.25) is 4.79 Å². The molecule has 0 radical (unpaired) electrons. The lowest BCUT2D eigenvalue weighted by Crippen LogP contribution is -2.65. The number of alkyl halides is 6. The van der Waals surface area contributed by atoms with Crippen LogP contribution >= 0.6 is 0 Å². The van der Waals surface area contributed by atoms with Gasteiger partial charge >= 0.3 is 30.1 Å². The molecule has 2 heterocycles. The molecule has 1 atom stereocenters. The van der Waals surface area contributed by atoms with Crippen LogP contribution in [0.4, 0.5) is 31.1 Å². The number of nitrogens with zero attached hydrogens (tertiary/aromatic N) is 2. The van der Waals surface area contributed by atoms with Gasteiger partial charge in [0, 0.05) is 19.6 Å². The van der Waals surface area contributed by atoms with E-state index in [4.69, 9.17) is 4.74 Å². The normalized spacial score (nSPS) is 24.5. The number of esters is 1. The molecule has 2 fully saturated rings. The summed E-state index contributed by atoms with van der Waals surface area (Å²) in [6.45, 7) is 0.965. The molecule has 150 valence electrons. The van der Waals surface area contributed by atoms with Gasteiger partial charge in [-0.1, -0.05) is 0 Å². The summed E-state index contributed by atoms with van der Waals surface area (Å²) < 4.78 is 87.3. The van der Waals surface area contributed by atoms with E-state index < -0.39 is 42.5 Å². The molecule has 2 aliphatic heterocycles. The predicted octanol–water partition coefficient (Wildman–Crippen LogP) is 1.10. The highest BCUT2D eigenvalue weighted by molar-refractivity contribution is 5.79. The van der Waals surface area contributed by atoms with E-state index in [-0.39, 0.29) is 11.4 Å². The Morgan fingerprint density at radius 3 is 2.19 bits per heavy atom. The average Bonchev–Trinajstić information content (AvgIpc) is 2.80. The molecule has 0 aromatic heterocycles. The predicted molar refractivity (Wildman–Crippen MR) is 72.9 cm³/mol. The number of cyclic esters (lactones) is 1. The Kier molecular flexibility index (Phi) is 5.61. The first-order valence-electron chi connectivity index (χ1n) is 7.61. The van der Waals surface area contributed by atoms with Gasteiger partial charge in [0.05, 0.1) is 13.2 Å². The Hall–Kier alpha value is -1.76. The van der Waals surface area contributed by atoms with E-state index in [0.29, 0.717) is 33.4 Å². The van der Waals surface area contributed by atoms with E-state index in [1.54, 1.807) is 0 Å². The van der Waals surface area contributed by atoms with Crippen LogP contribution in [0.3, 0.4) is 0 Å². The summed E-state index contributed by atoms with van der Waals surface area (Å²) in [6, 6.07) is -2.34. The standard InChI is InChI=1S/C13H17F6N3O4/c1-21-8(2-3-20-10(24)22-4-6-25-7-5-22)9(23)26-11(21,12(14,15)16)13(17,18)19/h8H,2-7H2,1H3,(H,20,24)/t8-/m0/s1. The SMILES string of the molecule is CN1[C@@H](CCNC(=O)N2CCOCC2)C(=O)OC1(C(F)(F)F)C(F)(F)F. The second kappa shape index (κ2) is 7.10. The zero-order chi connectivity index (χ0) is 19.8. The summed E-state index contributed by atoms with van der Waals surface area (Å²) in [6.07, 6.45) is -12.2. The van der Waals surface area contributed by atoms with Gasteiger partial charge in [-0.25, -0.2) is 9.69 Å². The van der Waals surface area contributed by atoms with E-state index in [1.165, 1.54) is 4.90 Å². The number of hydrogen-bond acceptors (Lipinski definition) is 5. The molecule has 2 rings (SSSR count). The molecular formula is C13H17F6N3O4. The molecule has 0 saturated carbocycles. The third kappa shape index (κ3) is 3.54. The van der Waals surface area contributed by atoms with Gasteiger partial charge < -0.3 is 19.7 Å². The zero-order valence-corrected chi connectivity index (χ0v) is 13.6. The maximum atomic E-state index is 13.1. The zero-order valence-electron chi connectivity index (χ0n) is 13.6. The number of halogens is 6. The van der Waals surface area contributed by atoms with Crippen LogP contribution in [0.1, 0.15) is 6.42 Å². The maximum absolute atomic E-state index is 13.1. The Labute approximate surface area is 144 Å².